The summed E-state index contributed by atoms with van der Waals surface area (Å²) in [6.07, 6.45) is 0.610. The van der Waals surface area contributed by atoms with Gasteiger partial charge in [0.15, 0.2) is 5.65 Å². The fourth-order valence-corrected chi connectivity index (χ4v) is 1.92. The maximum Gasteiger partial charge on any atom is 0.215 e. The Hall–Kier alpha value is -2.43. The molecule has 3 aromatic rings. The topological polar surface area (TPSA) is 50.8 Å². The van der Waals surface area contributed by atoms with Crippen molar-refractivity contribution in [3.63, 3.8) is 0 Å². The largest absolute Gasteiger partial charge is 0.481 e. The molecule has 0 aliphatic heterocycles. The first kappa shape index (κ1) is 11.6. The van der Waals surface area contributed by atoms with Crippen molar-refractivity contribution in [1.82, 2.24) is 15.0 Å². The standard InChI is InChI=1S/C14H12FN3O/c1-19-13-7-6-11-14(18-13)17-12(16-11)8-9-2-4-10(15)5-3-9/h2-7H,8H2,1H3,(H,16,17,18). The second-order valence-electron chi connectivity index (χ2n) is 4.21. The Balaban J connectivity index is 1.90. The smallest absolute Gasteiger partial charge is 0.215 e. The predicted octanol–water partition coefficient (Wildman–Crippen LogP) is 2.70. The van der Waals surface area contributed by atoms with Crippen LogP contribution in [0.5, 0.6) is 5.88 Å². The van der Waals surface area contributed by atoms with Gasteiger partial charge in [-0.1, -0.05) is 12.1 Å². The molecular formula is C14H12FN3O. The van der Waals surface area contributed by atoms with Crippen LogP contribution in [-0.2, 0) is 6.42 Å². The lowest BCUT2D eigenvalue weighted by molar-refractivity contribution is 0.399. The number of benzene rings is 1. The van der Waals surface area contributed by atoms with Crippen LogP contribution in [0.4, 0.5) is 4.39 Å². The number of rotatable bonds is 3. The summed E-state index contributed by atoms with van der Waals surface area (Å²) < 4.78 is 17.9. The van der Waals surface area contributed by atoms with Gasteiger partial charge in [-0.25, -0.2) is 9.37 Å². The van der Waals surface area contributed by atoms with Gasteiger partial charge in [-0.2, -0.15) is 4.98 Å². The van der Waals surface area contributed by atoms with Crippen LogP contribution in [0.1, 0.15) is 11.4 Å². The summed E-state index contributed by atoms with van der Waals surface area (Å²) in [5, 5.41) is 0. The van der Waals surface area contributed by atoms with Crippen molar-refractivity contribution in [1.29, 1.82) is 0 Å². The first-order valence-corrected chi connectivity index (χ1v) is 5.88. The van der Waals surface area contributed by atoms with Crippen molar-refractivity contribution in [2.24, 2.45) is 0 Å². The van der Waals surface area contributed by atoms with Crippen LogP contribution in [0.15, 0.2) is 36.4 Å². The van der Waals surface area contributed by atoms with Crippen molar-refractivity contribution in [2.45, 2.75) is 6.42 Å². The number of H-pyrrole nitrogens is 1. The number of fused-ring (bicyclic) bond motifs is 1. The van der Waals surface area contributed by atoms with E-state index in [4.69, 9.17) is 4.74 Å². The molecule has 4 nitrogen and oxygen atoms in total. The molecular weight excluding hydrogens is 245 g/mol. The lowest BCUT2D eigenvalue weighted by Crippen LogP contribution is -1.90. The highest BCUT2D eigenvalue weighted by atomic mass is 19.1. The maximum atomic E-state index is 12.8. The molecule has 2 heterocycles. The molecule has 19 heavy (non-hydrogen) atoms. The zero-order valence-electron chi connectivity index (χ0n) is 10.4. The highest BCUT2D eigenvalue weighted by Crippen LogP contribution is 2.16. The van der Waals surface area contributed by atoms with E-state index in [0.29, 0.717) is 17.9 Å². The number of ether oxygens (including phenoxy) is 1. The molecule has 1 N–H and O–H groups in total. The molecule has 0 saturated carbocycles. The van der Waals surface area contributed by atoms with Crippen LogP contribution in [0.3, 0.4) is 0 Å². The number of pyridine rings is 1. The number of hydrogen-bond donors (Lipinski definition) is 1. The van der Waals surface area contributed by atoms with Gasteiger partial charge in [-0.3, -0.25) is 0 Å². The van der Waals surface area contributed by atoms with E-state index in [2.05, 4.69) is 15.0 Å². The molecule has 0 aliphatic carbocycles. The summed E-state index contributed by atoms with van der Waals surface area (Å²) in [5.41, 5.74) is 2.47. The Morgan fingerprint density at radius 3 is 2.63 bits per heavy atom. The van der Waals surface area contributed by atoms with Crippen LogP contribution in [0.2, 0.25) is 0 Å². The maximum absolute atomic E-state index is 12.8. The van der Waals surface area contributed by atoms with E-state index in [1.807, 2.05) is 6.07 Å². The molecule has 0 atom stereocenters. The normalized spacial score (nSPS) is 10.8. The first-order valence-electron chi connectivity index (χ1n) is 5.88. The fraction of sp³-hybridized carbons (Fsp3) is 0.143. The molecule has 0 aliphatic rings. The van der Waals surface area contributed by atoms with Crippen molar-refractivity contribution in [2.75, 3.05) is 7.11 Å². The van der Waals surface area contributed by atoms with Gasteiger partial charge in [0, 0.05) is 12.5 Å². The lowest BCUT2D eigenvalue weighted by atomic mass is 10.1. The zero-order chi connectivity index (χ0) is 13.2. The van der Waals surface area contributed by atoms with Gasteiger partial charge in [0.25, 0.3) is 0 Å². The summed E-state index contributed by atoms with van der Waals surface area (Å²) in [6.45, 7) is 0. The van der Waals surface area contributed by atoms with E-state index in [1.54, 1.807) is 25.3 Å². The molecule has 0 saturated heterocycles. The molecule has 0 fully saturated rings. The Morgan fingerprint density at radius 1 is 1.11 bits per heavy atom. The summed E-state index contributed by atoms with van der Waals surface area (Å²) in [5.74, 6) is 1.09. The summed E-state index contributed by atoms with van der Waals surface area (Å²) >= 11 is 0. The van der Waals surface area contributed by atoms with Crippen LogP contribution < -0.4 is 4.74 Å². The Labute approximate surface area is 109 Å². The molecule has 0 amide bonds. The van der Waals surface area contributed by atoms with Gasteiger partial charge in [-0.05, 0) is 23.8 Å². The van der Waals surface area contributed by atoms with Crippen molar-refractivity contribution < 1.29 is 9.13 Å². The number of nitrogens with zero attached hydrogens (tertiary/aromatic N) is 2. The minimum atomic E-state index is -0.236. The van der Waals surface area contributed by atoms with E-state index >= 15 is 0 Å². The van der Waals surface area contributed by atoms with Crippen LogP contribution in [0, 0.1) is 5.82 Å². The predicted molar refractivity (Wildman–Crippen MR) is 69.6 cm³/mol. The average molecular weight is 257 g/mol. The highest BCUT2D eigenvalue weighted by Gasteiger charge is 2.06. The van der Waals surface area contributed by atoms with E-state index < -0.39 is 0 Å². The van der Waals surface area contributed by atoms with E-state index in [-0.39, 0.29) is 5.82 Å². The van der Waals surface area contributed by atoms with E-state index in [9.17, 15) is 4.39 Å². The quantitative estimate of drug-likeness (QED) is 0.784. The van der Waals surface area contributed by atoms with Gasteiger partial charge < -0.3 is 9.72 Å². The summed E-state index contributed by atoms with van der Waals surface area (Å²) in [4.78, 5) is 11.8. The number of nitrogens with one attached hydrogen (secondary N) is 1. The summed E-state index contributed by atoms with van der Waals surface area (Å²) in [6, 6.07) is 10.0. The van der Waals surface area contributed by atoms with Crippen LogP contribution in [-0.4, -0.2) is 22.1 Å². The monoisotopic (exact) mass is 257 g/mol. The first-order chi connectivity index (χ1) is 9.24. The van der Waals surface area contributed by atoms with Gasteiger partial charge in [0.05, 0.1) is 12.6 Å². The zero-order valence-corrected chi connectivity index (χ0v) is 10.4. The van der Waals surface area contributed by atoms with Gasteiger partial charge in [0.2, 0.25) is 5.88 Å². The van der Waals surface area contributed by atoms with Crippen molar-refractivity contribution >= 4 is 11.2 Å². The van der Waals surface area contributed by atoms with Gasteiger partial charge >= 0.3 is 0 Å². The number of methoxy groups -OCH3 is 1. The molecule has 0 radical (unpaired) electrons. The molecule has 2 aromatic heterocycles. The van der Waals surface area contributed by atoms with Crippen LogP contribution in [0.25, 0.3) is 11.2 Å². The molecule has 5 heteroatoms. The van der Waals surface area contributed by atoms with E-state index in [1.165, 1.54) is 12.1 Å². The van der Waals surface area contributed by atoms with Crippen LogP contribution >= 0.6 is 0 Å². The summed E-state index contributed by atoms with van der Waals surface area (Å²) in [7, 11) is 1.57. The number of halogens is 1. The number of aromatic amines is 1. The SMILES string of the molecule is COc1ccc2[nH]c(Cc3ccc(F)cc3)nc2n1. The minimum Gasteiger partial charge on any atom is -0.481 e. The van der Waals surface area contributed by atoms with Crippen molar-refractivity contribution in [3.8, 4) is 5.88 Å². The number of imidazole rings is 1. The second-order valence-corrected chi connectivity index (χ2v) is 4.21. The Kier molecular flexibility index (Phi) is 2.87. The fourth-order valence-electron chi connectivity index (χ4n) is 1.92. The number of aromatic nitrogens is 3. The van der Waals surface area contributed by atoms with Gasteiger partial charge in [0.1, 0.15) is 11.6 Å². The van der Waals surface area contributed by atoms with E-state index in [0.717, 1.165) is 16.9 Å². The average Bonchev–Trinajstić information content (AvgIpc) is 2.82. The van der Waals surface area contributed by atoms with Crippen molar-refractivity contribution in [3.05, 3.63) is 53.6 Å². The molecule has 3 rings (SSSR count). The second kappa shape index (κ2) is 4.68. The molecule has 96 valence electrons. The third-order valence-electron chi connectivity index (χ3n) is 2.86. The molecule has 1 aromatic carbocycles. The minimum absolute atomic E-state index is 0.236. The Bertz CT molecular complexity index is 706. The molecule has 0 bridgehead atoms. The Morgan fingerprint density at radius 2 is 1.89 bits per heavy atom. The lowest BCUT2D eigenvalue weighted by Gasteiger charge is -1.97. The highest BCUT2D eigenvalue weighted by molar-refractivity contribution is 5.71. The third-order valence-corrected chi connectivity index (χ3v) is 2.86. The molecule has 0 spiro atoms. The van der Waals surface area contributed by atoms with Gasteiger partial charge in [-0.15, -0.1) is 0 Å². The third kappa shape index (κ3) is 2.40. The number of hydrogen-bond acceptors (Lipinski definition) is 3. The molecule has 0 unspecified atom stereocenters.